The van der Waals surface area contributed by atoms with E-state index in [1.807, 2.05) is 17.0 Å². The van der Waals surface area contributed by atoms with Crippen molar-refractivity contribution in [3.63, 3.8) is 0 Å². The third-order valence-corrected chi connectivity index (χ3v) is 6.59. The first kappa shape index (κ1) is 18.5. The predicted octanol–water partition coefficient (Wildman–Crippen LogP) is 3.86. The van der Waals surface area contributed by atoms with E-state index in [2.05, 4.69) is 60.7 Å². The standard InChI is InChI=1S/C23H26N4O/c1-26(2)23(19-6-4-3-5-7-19)14-12-22(13-15-23)17-27(21(28)25-22)20-10-8-18(16-24)9-11-20/h3-11H,12-15,17H2,1-2H3,(H,25,28)/t22-,23+. The molecule has 0 aromatic heterocycles. The van der Waals surface area contributed by atoms with Gasteiger partial charge in [-0.1, -0.05) is 30.3 Å². The maximum absolute atomic E-state index is 12.7. The molecule has 0 atom stereocenters. The Bertz CT molecular complexity index is 890. The molecular weight excluding hydrogens is 348 g/mol. The zero-order chi connectivity index (χ0) is 19.8. The first-order valence-electron chi connectivity index (χ1n) is 9.81. The number of nitrogens with zero attached hydrogens (tertiary/aromatic N) is 3. The Labute approximate surface area is 166 Å². The molecule has 1 saturated carbocycles. The maximum atomic E-state index is 12.7. The maximum Gasteiger partial charge on any atom is 0.322 e. The number of urea groups is 1. The Hall–Kier alpha value is -2.84. The fourth-order valence-corrected chi connectivity index (χ4v) is 4.80. The molecule has 2 aromatic carbocycles. The third-order valence-electron chi connectivity index (χ3n) is 6.59. The normalized spacial score (nSPS) is 27.1. The number of amides is 2. The summed E-state index contributed by atoms with van der Waals surface area (Å²) in [5.41, 5.74) is 2.64. The second kappa shape index (κ2) is 6.96. The van der Waals surface area contributed by atoms with Gasteiger partial charge in [0.15, 0.2) is 0 Å². The molecule has 1 N–H and O–H groups in total. The van der Waals surface area contributed by atoms with Crippen LogP contribution >= 0.6 is 0 Å². The summed E-state index contributed by atoms with van der Waals surface area (Å²) >= 11 is 0. The Morgan fingerprint density at radius 1 is 1.00 bits per heavy atom. The lowest BCUT2D eigenvalue weighted by molar-refractivity contribution is 0.0658. The van der Waals surface area contributed by atoms with Crippen molar-refractivity contribution in [2.24, 2.45) is 0 Å². The third kappa shape index (κ3) is 3.04. The molecule has 0 bridgehead atoms. The van der Waals surface area contributed by atoms with Crippen LogP contribution in [0.15, 0.2) is 54.6 Å². The molecule has 1 aliphatic heterocycles. The zero-order valence-corrected chi connectivity index (χ0v) is 16.5. The molecule has 144 valence electrons. The lowest BCUT2D eigenvalue weighted by atomic mass is 9.69. The van der Waals surface area contributed by atoms with Gasteiger partial charge < -0.3 is 5.32 Å². The number of anilines is 1. The van der Waals surface area contributed by atoms with Crippen LogP contribution in [0.4, 0.5) is 10.5 Å². The van der Waals surface area contributed by atoms with Gasteiger partial charge in [-0.25, -0.2) is 4.79 Å². The van der Waals surface area contributed by atoms with Gasteiger partial charge in [0.1, 0.15) is 0 Å². The van der Waals surface area contributed by atoms with Crippen molar-refractivity contribution in [1.29, 1.82) is 5.26 Å². The molecule has 2 aromatic rings. The highest BCUT2D eigenvalue weighted by atomic mass is 16.2. The first-order chi connectivity index (χ1) is 13.5. The van der Waals surface area contributed by atoms with Crippen LogP contribution in [0.3, 0.4) is 0 Å². The summed E-state index contributed by atoms with van der Waals surface area (Å²) in [6.45, 7) is 0.677. The predicted molar refractivity (Wildman–Crippen MR) is 110 cm³/mol. The van der Waals surface area contributed by atoms with Crippen LogP contribution < -0.4 is 10.2 Å². The van der Waals surface area contributed by atoms with Crippen molar-refractivity contribution >= 4 is 11.7 Å². The van der Waals surface area contributed by atoms with Gasteiger partial charge in [-0.3, -0.25) is 9.80 Å². The Morgan fingerprint density at radius 2 is 1.64 bits per heavy atom. The molecule has 28 heavy (non-hydrogen) atoms. The van der Waals surface area contributed by atoms with Crippen LogP contribution in [0.2, 0.25) is 0 Å². The molecule has 1 heterocycles. The van der Waals surface area contributed by atoms with Crippen LogP contribution in [-0.4, -0.2) is 37.1 Å². The summed E-state index contributed by atoms with van der Waals surface area (Å²) in [5, 5.41) is 12.3. The molecule has 1 aliphatic carbocycles. The first-order valence-corrected chi connectivity index (χ1v) is 9.81. The molecule has 4 rings (SSSR count). The molecule has 2 amide bonds. The van der Waals surface area contributed by atoms with E-state index in [9.17, 15) is 4.79 Å². The molecule has 5 heteroatoms. The number of rotatable bonds is 3. The fraction of sp³-hybridized carbons (Fsp3) is 0.391. The van der Waals surface area contributed by atoms with Gasteiger partial charge in [-0.2, -0.15) is 5.26 Å². The fourth-order valence-electron chi connectivity index (χ4n) is 4.80. The highest BCUT2D eigenvalue weighted by molar-refractivity contribution is 5.95. The van der Waals surface area contributed by atoms with Gasteiger partial charge in [-0.15, -0.1) is 0 Å². The molecule has 0 unspecified atom stereocenters. The SMILES string of the molecule is CN(C)[C@]1(c2ccccc2)CC[C@]2(CC1)CN(c1ccc(C#N)cc1)C(=O)N2. The summed E-state index contributed by atoms with van der Waals surface area (Å²) in [5.74, 6) is 0. The minimum Gasteiger partial charge on any atom is -0.330 e. The summed E-state index contributed by atoms with van der Waals surface area (Å²) in [4.78, 5) is 16.9. The summed E-state index contributed by atoms with van der Waals surface area (Å²) in [7, 11) is 4.31. The summed E-state index contributed by atoms with van der Waals surface area (Å²) < 4.78 is 0. The molecule has 2 fully saturated rings. The van der Waals surface area contributed by atoms with Gasteiger partial charge in [0.2, 0.25) is 0 Å². The average molecular weight is 374 g/mol. The Kier molecular flexibility index (Phi) is 4.60. The van der Waals surface area contributed by atoms with E-state index in [1.165, 1.54) is 5.56 Å². The number of benzene rings is 2. The van der Waals surface area contributed by atoms with Crippen molar-refractivity contribution in [1.82, 2.24) is 10.2 Å². The summed E-state index contributed by atoms with van der Waals surface area (Å²) in [6.07, 6.45) is 3.90. The topological polar surface area (TPSA) is 59.4 Å². The highest BCUT2D eigenvalue weighted by Gasteiger charge is 2.50. The van der Waals surface area contributed by atoms with E-state index in [0.29, 0.717) is 12.1 Å². The molecule has 5 nitrogen and oxygen atoms in total. The number of carbonyl (C=O) groups excluding carboxylic acids is 1. The van der Waals surface area contributed by atoms with Gasteiger partial charge in [0, 0.05) is 11.2 Å². The quantitative estimate of drug-likeness (QED) is 0.887. The van der Waals surface area contributed by atoms with Crippen LogP contribution in [0.1, 0.15) is 36.8 Å². The van der Waals surface area contributed by atoms with Gasteiger partial charge in [-0.05, 0) is 69.6 Å². The number of carbonyl (C=O) groups is 1. The number of nitrogens with one attached hydrogen (secondary N) is 1. The van der Waals surface area contributed by atoms with E-state index in [-0.39, 0.29) is 17.1 Å². The van der Waals surface area contributed by atoms with Crippen LogP contribution in [0, 0.1) is 11.3 Å². The van der Waals surface area contributed by atoms with Gasteiger partial charge in [0.25, 0.3) is 0 Å². The van der Waals surface area contributed by atoms with Gasteiger partial charge >= 0.3 is 6.03 Å². The monoisotopic (exact) mass is 374 g/mol. The van der Waals surface area contributed by atoms with Crippen molar-refractivity contribution in [3.05, 3.63) is 65.7 Å². The second-order valence-corrected chi connectivity index (χ2v) is 8.25. The van der Waals surface area contributed by atoms with E-state index in [4.69, 9.17) is 5.26 Å². The second-order valence-electron chi connectivity index (χ2n) is 8.25. The van der Waals surface area contributed by atoms with Crippen LogP contribution in [0.5, 0.6) is 0 Å². The number of hydrogen-bond donors (Lipinski definition) is 1. The van der Waals surface area contributed by atoms with Crippen LogP contribution in [-0.2, 0) is 5.54 Å². The largest absolute Gasteiger partial charge is 0.330 e. The van der Waals surface area contributed by atoms with E-state index in [0.717, 1.165) is 31.4 Å². The zero-order valence-electron chi connectivity index (χ0n) is 16.5. The number of nitriles is 1. The van der Waals surface area contributed by atoms with E-state index >= 15 is 0 Å². The lowest BCUT2D eigenvalue weighted by Crippen LogP contribution is -2.54. The molecule has 2 aliphatic rings. The molecule has 0 radical (unpaired) electrons. The minimum absolute atomic E-state index is 0.0130. The van der Waals surface area contributed by atoms with Crippen LogP contribution in [0.25, 0.3) is 0 Å². The van der Waals surface area contributed by atoms with Crippen molar-refractivity contribution < 1.29 is 4.79 Å². The lowest BCUT2D eigenvalue weighted by Gasteiger charge is -2.48. The minimum atomic E-state index is -0.181. The van der Waals surface area contributed by atoms with Crippen molar-refractivity contribution in [2.45, 2.75) is 36.8 Å². The molecular formula is C23H26N4O. The Balaban J connectivity index is 1.54. The highest BCUT2D eigenvalue weighted by Crippen LogP contribution is 2.46. The Morgan fingerprint density at radius 3 is 2.21 bits per heavy atom. The van der Waals surface area contributed by atoms with Crippen molar-refractivity contribution in [3.8, 4) is 6.07 Å². The molecule has 1 spiro atoms. The van der Waals surface area contributed by atoms with Crippen molar-refractivity contribution in [2.75, 3.05) is 25.5 Å². The van der Waals surface area contributed by atoms with E-state index in [1.54, 1.807) is 12.1 Å². The number of hydrogen-bond acceptors (Lipinski definition) is 3. The summed E-state index contributed by atoms with van der Waals surface area (Å²) in [6, 6.07) is 20.0. The smallest absolute Gasteiger partial charge is 0.322 e. The van der Waals surface area contributed by atoms with E-state index < -0.39 is 0 Å². The van der Waals surface area contributed by atoms with Gasteiger partial charge in [0.05, 0.1) is 23.7 Å². The average Bonchev–Trinajstić information content (AvgIpc) is 3.05. The molecule has 1 saturated heterocycles.